The second-order valence-electron chi connectivity index (χ2n) is 9.47. The van der Waals surface area contributed by atoms with Gasteiger partial charge in [-0.15, -0.1) is 0 Å². The Kier molecular flexibility index (Phi) is 8.02. The third-order valence-electron chi connectivity index (χ3n) is 6.36. The molecule has 1 aliphatic heterocycles. The molecule has 0 bridgehead atoms. The Balaban J connectivity index is 1.74. The zero-order valence-corrected chi connectivity index (χ0v) is 22.3. The number of carbonyl (C=O) groups is 3. The summed E-state index contributed by atoms with van der Waals surface area (Å²) < 4.78 is 5.11. The molecule has 3 aromatic rings. The molecule has 1 atom stereocenters. The van der Waals surface area contributed by atoms with Gasteiger partial charge in [0.1, 0.15) is 5.92 Å². The lowest BCUT2D eigenvalue weighted by molar-refractivity contribution is -0.119. The van der Waals surface area contributed by atoms with Crippen molar-refractivity contribution in [3.8, 4) is 0 Å². The van der Waals surface area contributed by atoms with Gasteiger partial charge in [0, 0.05) is 18.4 Å². The number of esters is 1. The average Bonchev–Trinajstić information content (AvgIpc) is 3.21. The Hall–Kier alpha value is -4.30. The number of fused-ring (bicyclic) bond motifs is 1. The van der Waals surface area contributed by atoms with Crippen LogP contribution in [0, 0.1) is 6.92 Å². The number of anilines is 2. The van der Waals surface area contributed by atoms with Gasteiger partial charge in [-0.1, -0.05) is 36.4 Å². The van der Waals surface area contributed by atoms with E-state index in [1.807, 2.05) is 74.4 Å². The number of carbonyl (C=O) groups excluding carboxylic acids is 3. The molecule has 8 nitrogen and oxygen atoms in total. The third kappa shape index (κ3) is 5.65. The molecule has 0 aliphatic carbocycles. The molecule has 0 radical (unpaired) electrons. The number of ether oxygens (including phenoxy) is 1. The highest BCUT2D eigenvalue weighted by atomic mass is 16.5. The summed E-state index contributed by atoms with van der Waals surface area (Å²) in [5.41, 5.74) is 5.46. The highest BCUT2D eigenvalue weighted by Gasteiger charge is 2.36. The van der Waals surface area contributed by atoms with Crippen molar-refractivity contribution in [1.29, 1.82) is 0 Å². The molecule has 4 rings (SSSR count). The summed E-state index contributed by atoms with van der Waals surface area (Å²) in [6.45, 7) is 4.26. The SMILES string of the molecule is CCOC(=O)c1ccc2c(c1)NC(=O)C2C(=Nc1ccc(N(C)C(=O)CN(C)C)c(C)c1)c1ccccc1. The van der Waals surface area contributed by atoms with E-state index in [4.69, 9.17) is 9.73 Å². The lowest BCUT2D eigenvalue weighted by atomic mass is 9.90. The van der Waals surface area contributed by atoms with Crippen molar-refractivity contribution in [3.05, 3.63) is 89.0 Å². The van der Waals surface area contributed by atoms with Gasteiger partial charge in [0.25, 0.3) is 0 Å². The highest BCUT2D eigenvalue weighted by Crippen LogP contribution is 2.37. The van der Waals surface area contributed by atoms with Crippen molar-refractivity contribution >= 4 is 40.6 Å². The number of nitrogens with zero attached hydrogens (tertiary/aromatic N) is 3. The molecule has 1 unspecified atom stereocenters. The molecule has 0 spiro atoms. The van der Waals surface area contributed by atoms with Gasteiger partial charge in [-0.3, -0.25) is 14.6 Å². The monoisotopic (exact) mass is 512 g/mol. The first-order valence-corrected chi connectivity index (χ1v) is 12.5. The number of nitrogens with one attached hydrogen (secondary N) is 1. The van der Waals surface area contributed by atoms with Crippen LogP contribution in [0.15, 0.2) is 71.7 Å². The number of rotatable bonds is 8. The van der Waals surface area contributed by atoms with E-state index in [1.54, 1.807) is 37.1 Å². The van der Waals surface area contributed by atoms with Crippen LogP contribution in [-0.4, -0.2) is 62.7 Å². The van der Waals surface area contributed by atoms with Crippen molar-refractivity contribution in [2.24, 2.45) is 4.99 Å². The van der Waals surface area contributed by atoms with Crippen LogP contribution >= 0.6 is 0 Å². The van der Waals surface area contributed by atoms with E-state index in [1.165, 1.54) is 0 Å². The Morgan fingerprint density at radius 3 is 2.37 bits per heavy atom. The summed E-state index contributed by atoms with van der Waals surface area (Å²) in [6.07, 6.45) is 0. The predicted octanol–water partition coefficient (Wildman–Crippen LogP) is 4.55. The van der Waals surface area contributed by atoms with Crippen LogP contribution < -0.4 is 10.2 Å². The third-order valence-corrected chi connectivity index (χ3v) is 6.36. The van der Waals surface area contributed by atoms with E-state index in [0.29, 0.717) is 29.2 Å². The number of likely N-dealkylation sites (N-methyl/N-ethyl adjacent to an activating group) is 2. The summed E-state index contributed by atoms with van der Waals surface area (Å²) in [5.74, 6) is -1.32. The number of hydrogen-bond acceptors (Lipinski definition) is 6. The molecule has 1 aliphatic rings. The summed E-state index contributed by atoms with van der Waals surface area (Å²) in [5, 5.41) is 2.91. The van der Waals surface area contributed by atoms with Crippen LogP contribution in [0.3, 0.4) is 0 Å². The van der Waals surface area contributed by atoms with E-state index in [2.05, 4.69) is 5.32 Å². The first-order valence-electron chi connectivity index (χ1n) is 12.5. The van der Waals surface area contributed by atoms with Gasteiger partial charge in [-0.05, 0) is 75.0 Å². The number of aliphatic imine (C=N–C) groups is 1. The molecule has 2 amide bonds. The lowest BCUT2D eigenvalue weighted by Gasteiger charge is -2.22. The molecule has 0 saturated carbocycles. The average molecular weight is 513 g/mol. The highest BCUT2D eigenvalue weighted by molar-refractivity contribution is 6.24. The lowest BCUT2D eigenvalue weighted by Crippen LogP contribution is -2.35. The van der Waals surface area contributed by atoms with Gasteiger partial charge in [0.05, 0.1) is 30.1 Å². The van der Waals surface area contributed by atoms with Gasteiger partial charge in [-0.25, -0.2) is 4.79 Å². The maximum atomic E-state index is 13.3. The van der Waals surface area contributed by atoms with E-state index < -0.39 is 11.9 Å². The zero-order chi connectivity index (χ0) is 27.4. The van der Waals surface area contributed by atoms with Crippen LogP contribution in [0.2, 0.25) is 0 Å². The largest absolute Gasteiger partial charge is 0.462 e. The fourth-order valence-corrected chi connectivity index (χ4v) is 4.52. The van der Waals surface area contributed by atoms with E-state index >= 15 is 0 Å². The van der Waals surface area contributed by atoms with Gasteiger partial charge in [0.2, 0.25) is 11.8 Å². The maximum absolute atomic E-state index is 13.3. The predicted molar refractivity (Wildman–Crippen MR) is 150 cm³/mol. The minimum Gasteiger partial charge on any atom is -0.462 e. The normalized spacial score (nSPS) is 14.7. The number of aryl methyl sites for hydroxylation is 1. The molecule has 196 valence electrons. The molecular formula is C30H32N4O4. The van der Waals surface area contributed by atoms with Crippen LogP contribution in [0.25, 0.3) is 0 Å². The molecule has 3 aromatic carbocycles. The number of amides is 2. The second-order valence-corrected chi connectivity index (χ2v) is 9.47. The fourth-order valence-electron chi connectivity index (χ4n) is 4.52. The van der Waals surface area contributed by atoms with Crippen LogP contribution in [0.5, 0.6) is 0 Å². The van der Waals surface area contributed by atoms with E-state index in [-0.39, 0.29) is 18.4 Å². The zero-order valence-electron chi connectivity index (χ0n) is 22.3. The summed E-state index contributed by atoms with van der Waals surface area (Å²) in [7, 11) is 5.48. The Bertz CT molecular complexity index is 1400. The Labute approximate surface area is 222 Å². The standard InChI is InChI=1S/C30H32N4O4/c1-6-38-30(37)21-12-14-23-24(17-21)32-29(36)27(23)28(20-10-8-7-9-11-20)31-22-13-15-25(19(2)16-22)34(5)26(35)18-33(3)4/h7-17,27H,6,18H2,1-5H3,(H,32,36). The summed E-state index contributed by atoms with van der Waals surface area (Å²) >= 11 is 0. The Morgan fingerprint density at radius 2 is 1.71 bits per heavy atom. The molecule has 1 heterocycles. The summed E-state index contributed by atoms with van der Waals surface area (Å²) in [6, 6.07) is 20.3. The van der Waals surface area contributed by atoms with Crippen molar-refractivity contribution in [3.63, 3.8) is 0 Å². The number of hydrogen-bond donors (Lipinski definition) is 1. The number of benzene rings is 3. The van der Waals surface area contributed by atoms with Crippen LogP contribution in [-0.2, 0) is 14.3 Å². The molecule has 0 fully saturated rings. The Morgan fingerprint density at radius 1 is 0.974 bits per heavy atom. The van der Waals surface area contributed by atoms with Crippen molar-refractivity contribution in [2.75, 3.05) is 44.5 Å². The summed E-state index contributed by atoms with van der Waals surface area (Å²) in [4.78, 5) is 46.5. The smallest absolute Gasteiger partial charge is 0.338 e. The molecule has 38 heavy (non-hydrogen) atoms. The van der Waals surface area contributed by atoms with Crippen molar-refractivity contribution in [2.45, 2.75) is 19.8 Å². The first-order chi connectivity index (χ1) is 18.2. The minimum absolute atomic E-state index is 0.0132. The molecule has 0 saturated heterocycles. The van der Waals surface area contributed by atoms with Gasteiger partial charge in [0.15, 0.2) is 0 Å². The van der Waals surface area contributed by atoms with Gasteiger partial charge >= 0.3 is 5.97 Å². The molecule has 8 heteroatoms. The van der Waals surface area contributed by atoms with Gasteiger partial charge < -0.3 is 19.9 Å². The second kappa shape index (κ2) is 11.4. The van der Waals surface area contributed by atoms with E-state index in [9.17, 15) is 14.4 Å². The van der Waals surface area contributed by atoms with Gasteiger partial charge in [-0.2, -0.15) is 0 Å². The topological polar surface area (TPSA) is 91.3 Å². The molecule has 0 aromatic heterocycles. The minimum atomic E-state index is -0.659. The van der Waals surface area contributed by atoms with E-state index in [0.717, 1.165) is 22.4 Å². The van der Waals surface area contributed by atoms with Crippen molar-refractivity contribution < 1.29 is 19.1 Å². The maximum Gasteiger partial charge on any atom is 0.338 e. The first kappa shape index (κ1) is 26.8. The van der Waals surface area contributed by atoms with Crippen LogP contribution in [0.4, 0.5) is 17.1 Å². The van der Waals surface area contributed by atoms with Crippen LogP contribution in [0.1, 0.15) is 39.9 Å². The quantitative estimate of drug-likeness (QED) is 0.353. The van der Waals surface area contributed by atoms with Crippen molar-refractivity contribution in [1.82, 2.24) is 4.90 Å². The molecule has 1 N–H and O–H groups in total. The fraction of sp³-hybridized carbons (Fsp3) is 0.267. The molecular weight excluding hydrogens is 480 g/mol.